The van der Waals surface area contributed by atoms with Crippen molar-refractivity contribution >= 4 is 33.5 Å². The van der Waals surface area contributed by atoms with E-state index in [2.05, 4.69) is 29.8 Å². The fourth-order valence-corrected chi connectivity index (χ4v) is 2.32. The molecule has 1 aromatic carbocycles. The van der Waals surface area contributed by atoms with Gasteiger partial charge in [-0.25, -0.2) is 0 Å². The largest absolute Gasteiger partial charge is 0.493 e. The van der Waals surface area contributed by atoms with Crippen molar-refractivity contribution in [3.63, 3.8) is 0 Å². The Bertz CT molecular complexity index is 391. The van der Waals surface area contributed by atoms with E-state index in [-0.39, 0.29) is 5.78 Å². The molecule has 0 aromatic heterocycles. The van der Waals surface area contributed by atoms with Crippen molar-refractivity contribution < 1.29 is 9.53 Å². The highest BCUT2D eigenvalue weighted by atomic mass is 79.9. The Morgan fingerprint density at radius 1 is 1.47 bits per heavy atom. The molecule has 0 radical (unpaired) electrons. The van der Waals surface area contributed by atoms with E-state index in [1.165, 1.54) is 0 Å². The van der Waals surface area contributed by atoms with Crippen LogP contribution in [0, 0.1) is 0 Å². The summed E-state index contributed by atoms with van der Waals surface area (Å²) in [6.45, 7) is 6.66. The molecule has 0 amide bonds. The van der Waals surface area contributed by atoms with Gasteiger partial charge in [0.2, 0.25) is 0 Å². The van der Waals surface area contributed by atoms with Crippen LogP contribution in [0.5, 0.6) is 5.75 Å². The van der Waals surface area contributed by atoms with Gasteiger partial charge in [0.25, 0.3) is 0 Å². The van der Waals surface area contributed by atoms with Crippen molar-refractivity contribution in [3.05, 3.63) is 28.2 Å². The van der Waals surface area contributed by atoms with Crippen molar-refractivity contribution in [1.82, 2.24) is 0 Å². The summed E-state index contributed by atoms with van der Waals surface area (Å²) in [6, 6.07) is 5.55. The van der Waals surface area contributed by atoms with Gasteiger partial charge < -0.3 is 4.74 Å². The molecule has 0 N–H and O–H groups in total. The van der Waals surface area contributed by atoms with Gasteiger partial charge in [-0.2, -0.15) is 11.8 Å². The predicted molar refractivity (Wildman–Crippen MR) is 77.2 cm³/mol. The third kappa shape index (κ3) is 4.72. The van der Waals surface area contributed by atoms with Crippen molar-refractivity contribution in [2.45, 2.75) is 26.0 Å². The number of thioether (sulfide) groups is 1. The van der Waals surface area contributed by atoms with E-state index in [9.17, 15) is 4.79 Å². The Morgan fingerprint density at radius 3 is 2.76 bits per heavy atom. The number of benzene rings is 1. The summed E-state index contributed by atoms with van der Waals surface area (Å²) in [5.41, 5.74) is 0.661. The van der Waals surface area contributed by atoms with E-state index in [1.54, 1.807) is 11.8 Å². The van der Waals surface area contributed by atoms with Gasteiger partial charge in [0.15, 0.2) is 5.78 Å². The lowest BCUT2D eigenvalue weighted by molar-refractivity contribution is 0.101. The maximum Gasteiger partial charge on any atom is 0.176 e. The molecule has 0 saturated heterocycles. The van der Waals surface area contributed by atoms with Gasteiger partial charge >= 0.3 is 0 Å². The average Bonchev–Trinajstić information content (AvgIpc) is 2.28. The summed E-state index contributed by atoms with van der Waals surface area (Å²) >= 11 is 5.03. The molecular weight excluding hydrogens is 300 g/mol. The van der Waals surface area contributed by atoms with Gasteiger partial charge in [-0.15, -0.1) is 0 Å². The molecule has 0 saturated carbocycles. The number of Topliss-reactive ketones (excluding diaryl/α,β-unsaturated/α-hetero) is 1. The second-order valence-electron chi connectivity index (χ2n) is 3.86. The number of hydrogen-bond acceptors (Lipinski definition) is 3. The molecule has 0 bridgehead atoms. The van der Waals surface area contributed by atoms with E-state index < -0.39 is 0 Å². The van der Waals surface area contributed by atoms with Gasteiger partial charge in [0.1, 0.15) is 5.75 Å². The zero-order chi connectivity index (χ0) is 12.8. The van der Waals surface area contributed by atoms with Gasteiger partial charge in [0.05, 0.1) is 17.9 Å². The van der Waals surface area contributed by atoms with Crippen LogP contribution in [0.15, 0.2) is 22.7 Å². The SMILES string of the molecule is CCOc1ccc(Br)cc1C(=O)CSC(C)C. The first-order valence-electron chi connectivity index (χ1n) is 5.61. The molecule has 94 valence electrons. The van der Waals surface area contributed by atoms with Crippen LogP contribution in [0.3, 0.4) is 0 Å². The minimum absolute atomic E-state index is 0.119. The van der Waals surface area contributed by atoms with Crippen LogP contribution in [-0.2, 0) is 0 Å². The Labute approximate surface area is 115 Å². The molecule has 0 fully saturated rings. The molecule has 0 spiro atoms. The molecule has 0 heterocycles. The molecule has 0 aliphatic carbocycles. The number of halogens is 1. The van der Waals surface area contributed by atoms with Crippen LogP contribution >= 0.6 is 27.7 Å². The van der Waals surface area contributed by atoms with Crippen LogP contribution in [0.25, 0.3) is 0 Å². The zero-order valence-corrected chi connectivity index (χ0v) is 12.7. The number of carbonyl (C=O) groups is 1. The summed E-state index contributed by atoms with van der Waals surface area (Å²) in [7, 11) is 0. The van der Waals surface area contributed by atoms with Gasteiger partial charge in [-0.1, -0.05) is 29.8 Å². The number of hydrogen-bond donors (Lipinski definition) is 0. The number of carbonyl (C=O) groups excluding carboxylic acids is 1. The lowest BCUT2D eigenvalue weighted by Gasteiger charge is -2.10. The summed E-state index contributed by atoms with van der Waals surface area (Å²) in [4.78, 5) is 12.1. The van der Waals surface area contributed by atoms with E-state index in [0.29, 0.717) is 28.9 Å². The summed E-state index contributed by atoms with van der Waals surface area (Å²) in [5, 5.41) is 0.460. The lowest BCUT2D eigenvalue weighted by Crippen LogP contribution is -2.08. The Kier molecular flexibility index (Phi) is 6.06. The molecule has 0 unspecified atom stereocenters. The van der Waals surface area contributed by atoms with E-state index in [4.69, 9.17) is 4.74 Å². The average molecular weight is 317 g/mol. The highest BCUT2D eigenvalue weighted by Gasteiger charge is 2.13. The molecule has 0 aliphatic heterocycles. The fraction of sp³-hybridized carbons (Fsp3) is 0.462. The smallest absolute Gasteiger partial charge is 0.176 e. The molecule has 1 rings (SSSR count). The predicted octanol–water partition coefficient (Wildman–Crippen LogP) is 4.17. The van der Waals surface area contributed by atoms with Crippen LogP contribution < -0.4 is 4.74 Å². The molecule has 0 atom stereocenters. The van der Waals surface area contributed by atoms with E-state index in [1.807, 2.05) is 25.1 Å². The first-order chi connectivity index (χ1) is 8.04. The second-order valence-corrected chi connectivity index (χ2v) is 6.34. The van der Waals surface area contributed by atoms with E-state index in [0.717, 1.165) is 4.47 Å². The Hall–Kier alpha value is -0.480. The highest BCUT2D eigenvalue weighted by Crippen LogP contribution is 2.25. The van der Waals surface area contributed by atoms with Gasteiger partial charge in [0, 0.05) is 4.47 Å². The molecular formula is C13H17BrO2S. The normalized spacial score (nSPS) is 10.6. The van der Waals surface area contributed by atoms with Crippen LogP contribution in [0.2, 0.25) is 0 Å². The van der Waals surface area contributed by atoms with Gasteiger partial charge in [-0.05, 0) is 30.4 Å². The fourth-order valence-electron chi connectivity index (χ4n) is 1.32. The maximum atomic E-state index is 12.1. The Balaban J connectivity index is 2.86. The monoisotopic (exact) mass is 316 g/mol. The number of rotatable bonds is 6. The minimum atomic E-state index is 0.119. The molecule has 17 heavy (non-hydrogen) atoms. The third-order valence-corrected chi connectivity index (χ3v) is 3.68. The minimum Gasteiger partial charge on any atom is -0.493 e. The van der Waals surface area contributed by atoms with Crippen molar-refractivity contribution in [2.75, 3.05) is 12.4 Å². The second kappa shape index (κ2) is 7.07. The topological polar surface area (TPSA) is 26.3 Å². The van der Waals surface area contributed by atoms with Crippen molar-refractivity contribution in [2.24, 2.45) is 0 Å². The van der Waals surface area contributed by atoms with Gasteiger partial charge in [-0.3, -0.25) is 4.79 Å². The van der Waals surface area contributed by atoms with E-state index >= 15 is 0 Å². The first kappa shape index (κ1) is 14.6. The quantitative estimate of drug-likeness (QED) is 0.737. The number of ketones is 1. The van der Waals surface area contributed by atoms with Crippen LogP contribution in [-0.4, -0.2) is 23.4 Å². The first-order valence-corrected chi connectivity index (χ1v) is 7.46. The highest BCUT2D eigenvalue weighted by molar-refractivity contribution is 9.10. The summed E-state index contributed by atoms with van der Waals surface area (Å²) in [6.07, 6.45) is 0. The zero-order valence-electron chi connectivity index (χ0n) is 10.3. The van der Waals surface area contributed by atoms with Crippen molar-refractivity contribution in [1.29, 1.82) is 0 Å². The van der Waals surface area contributed by atoms with Crippen molar-refractivity contribution in [3.8, 4) is 5.75 Å². The third-order valence-electron chi connectivity index (χ3n) is 2.09. The summed E-state index contributed by atoms with van der Waals surface area (Å²) < 4.78 is 6.37. The Morgan fingerprint density at radius 2 is 2.18 bits per heavy atom. The summed E-state index contributed by atoms with van der Waals surface area (Å²) in [5.74, 6) is 1.28. The number of ether oxygens (including phenoxy) is 1. The van der Waals surface area contributed by atoms with Crippen LogP contribution in [0.1, 0.15) is 31.1 Å². The molecule has 2 nitrogen and oxygen atoms in total. The maximum absolute atomic E-state index is 12.1. The lowest BCUT2D eigenvalue weighted by atomic mass is 10.1. The van der Waals surface area contributed by atoms with Crippen LogP contribution in [0.4, 0.5) is 0 Å². The molecule has 0 aliphatic rings. The standard InChI is InChI=1S/C13H17BrO2S/c1-4-16-13-6-5-10(14)7-11(13)12(15)8-17-9(2)3/h5-7,9H,4,8H2,1-3H3. The molecule has 4 heteroatoms. The molecule has 1 aromatic rings.